The van der Waals surface area contributed by atoms with Gasteiger partial charge in [-0.25, -0.2) is 4.79 Å². The van der Waals surface area contributed by atoms with Crippen LogP contribution in [0.3, 0.4) is 0 Å². The number of cyclic esters (lactones) is 1. The molecule has 0 saturated carbocycles. The minimum absolute atomic E-state index is 0.118. The first kappa shape index (κ1) is 19.0. The van der Waals surface area contributed by atoms with Crippen molar-refractivity contribution in [1.29, 1.82) is 0 Å². The van der Waals surface area contributed by atoms with Crippen LogP contribution in [0.2, 0.25) is 0 Å². The molecular weight excluding hydrogens is 296 g/mol. The van der Waals surface area contributed by atoms with Crippen LogP contribution in [0.5, 0.6) is 0 Å². The summed E-state index contributed by atoms with van der Waals surface area (Å²) >= 11 is 0. The summed E-state index contributed by atoms with van der Waals surface area (Å²) in [5.41, 5.74) is 1.58. The Labute approximate surface area is 148 Å². The Bertz CT molecular complexity index is 492. The number of fused-ring (bicyclic) bond motifs is 1. The van der Waals surface area contributed by atoms with Crippen LogP contribution in [-0.4, -0.2) is 5.97 Å². The molecule has 0 bridgehead atoms. The predicted molar refractivity (Wildman–Crippen MR) is 100 cm³/mol. The van der Waals surface area contributed by atoms with Gasteiger partial charge in [-0.05, 0) is 31.7 Å². The molecule has 1 aliphatic rings. The van der Waals surface area contributed by atoms with Crippen molar-refractivity contribution in [2.24, 2.45) is 0 Å². The summed E-state index contributed by atoms with van der Waals surface area (Å²) in [7, 11) is 0. The number of benzene rings is 1. The Morgan fingerprint density at radius 1 is 0.792 bits per heavy atom. The molecule has 0 fully saturated rings. The average Bonchev–Trinajstić information content (AvgIpc) is 2.88. The lowest BCUT2D eigenvalue weighted by atomic mass is 9.83. The van der Waals surface area contributed by atoms with E-state index in [1.807, 2.05) is 18.2 Å². The Hall–Kier alpha value is -1.31. The van der Waals surface area contributed by atoms with E-state index in [0.29, 0.717) is 0 Å². The van der Waals surface area contributed by atoms with E-state index in [1.54, 1.807) is 0 Å². The van der Waals surface area contributed by atoms with Crippen molar-refractivity contribution < 1.29 is 9.53 Å². The highest BCUT2D eigenvalue weighted by Crippen LogP contribution is 2.44. The van der Waals surface area contributed by atoms with Crippen LogP contribution in [0.15, 0.2) is 24.3 Å². The third kappa shape index (κ3) is 4.84. The lowest BCUT2D eigenvalue weighted by Crippen LogP contribution is -2.26. The lowest BCUT2D eigenvalue weighted by molar-refractivity contribution is -0.0202. The Morgan fingerprint density at radius 3 is 1.92 bits per heavy atom. The van der Waals surface area contributed by atoms with Crippen LogP contribution < -0.4 is 0 Å². The quantitative estimate of drug-likeness (QED) is 0.312. The van der Waals surface area contributed by atoms with Gasteiger partial charge in [-0.3, -0.25) is 0 Å². The zero-order chi connectivity index (χ0) is 17.3. The third-order valence-corrected chi connectivity index (χ3v) is 5.29. The predicted octanol–water partition coefficient (Wildman–Crippen LogP) is 6.77. The highest BCUT2D eigenvalue weighted by molar-refractivity contribution is 5.94. The molecule has 0 atom stereocenters. The minimum Gasteiger partial charge on any atom is -0.451 e. The molecular formula is C22H34O2. The zero-order valence-electron chi connectivity index (χ0n) is 15.6. The molecule has 0 unspecified atom stereocenters. The van der Waals surface area contributed by atoms with Gasteiger partial charge in [-0.15, -0.1) is 0 Å². The Morgan fingerprint density at radius 2 is 1.33 bits per heavy atom. The molecule has 0 spiro atoms. The SMILES string of the molecule is CCCCCCCC1(CCCCCCC)OC(=O)c2ccccc21. The van der Waals surface area contributed by atoms with Gasteiger partial charge < -0.3 is 4.74 Å². The fourth-order valence-electron chi connectivity index (χ4n) is 3.87. The van der Waals surface area contributed by atoms with Crippen LogP contribution in [0.1, 0.15) is 107 Å². The fourth-order valence-corrected chi connectivity index (χ4v) is 3.87. The molecule has 24 heavy (non-hydrogen) atoms. The topological polar surface area (TPSA) is 26.3 Å². The van der Waals surface area contributed by atoms with Crippen LogP contribution in [0.25, 0.3) is 0 Å². The van der Waals surface area contributed by atoms with Gasteiger partial charge in [0.2, 0.25) is 0 Å². The molecule has 0 amide bonds. The summed E-state index contributed by atoms with van der Waals surface area (Å²) in [6.07, 6.45) is 14.5. The average molecular weight is 331 g/mol. The van der Waals surface area contributed by atoms with E-state index in [1.165, 1.54) is 51.4 Å². The molecule has 0 aromatic heterocycles. The maximum absolute atomic E-state index is 12.3. The summed E-state index contributed by atoms with van der Waals surface area (Å²) < 4.78 is 5.99. The second-order valence-corrected chi connectivity index (χ2v) is 7.26. The van der Waals surface area contributed by atoms with Crippen LogP contribution in [0.4, 0.5) is 0 Å². The van der Waals surface area contributed by atoms with Crippen LogP contribution >= 0.6 is 0 Å². The van der Waals surface area contributed by atoms with E-state index < -0.39 is 0 Å². The molecule has 1 heterocycles. The summed E-state index contributed by atoms with van der Waals surface area (Å²) in [6, 6.07) is 8.02. The van der Waals surface area contributed by atoms with Crippen molar-refractivity contribution in [3.8, 4) is 0 Å². The molecule has 134 valence electrons. The molecule has 1 aromatic carbocycles. The molecule has 0 saturated heterocycles. The van der Waals surface area contributed by atoms with Crippen LogP contribution in [0, 0.1) is 0 Å². The highest BCUT2D eigenvalue weighted by atomic mass is 16.6. The van der Waals surface area contributed by atoms with E-state index in [4.69, 9.17) is 4.74 Å². The molecule has 2 rings (SSSR count). The van der Waals surface area contributed by atoms with E-state index in [2.05, 4.69) is 19.9 Å². The van der Waals surface area contributed by atoms with Gasteiger partial charge in [-0.2, -0.15) is 0 Å². The smallest absolute Gasteiger partial charge is 0.339 e. The Balaban J connectivity index is 2.01. The standard InChI is InChI=1S/C22H34O2/c1-3-5-7-9-13-17-22(18-14-10-8-6-4-2)20-16-12-11-15-19(20)21(23)24-22/h11-12,15-16H,3-10,13-14,17-18H2,1-2H3. The van der Waals surface area contributed by atoms with Gasteiger partial charge in [0.15, 0.2) is 0 Å². The van der Waals surface area contributed by atoms with Crippen molar-refractivity contribution in [2.45, 2.75) is 96.5 Å². The second kappa shape index (κ2) is 9.86. The molecule has 0 N–H and O–H groups in total. The number of hydrogen-bond acceptors (Lipinski definition) is 2. The summed E-state index contributed by atoms with van der Waals surface area (Å²) in [4.78, 5) is 12.3. The summed E-state index contributed by atoms with van der Waals surface area (Å²) in [5.74, 6) is -0.118. The first-order valence-corrected chi connectivity index (χ1v) is 10.1. The van der Waals surface area contributed by atoms with Gasteiger partial charge >= 0.3 is 5.97 Å². The second-order valence-electron chi connectivity index (χ2n) is 7.26. The first-order valence-electron chi connectivity index (χ1n) is 10.1. The van der Waals surface area contributed by atoms with Gasteiger partial charge in [0, 0.05) is 5.56 Å². The molecule has 0 radical (unpaired) electrons. The number of ether oxygens (including phenoxy) is 1. The minimum atomic E-state index is -0.355. The Kier molecular flexibility index (Phi) is 7.81. The number of esters is 1. The maximum Gasteiger partial charge on any atom is 0.339 e. The first-order chi connectivity index (χ1) is 11.7. The lowest BCUT2D eigenvalue weighted by Gasteiger charge is -2.29. The van der Waals surface area contributed by atoms with Gasteiger partial charge in [0.05, 0.1) is 5.56 Å². The van der Waals surface area contributed by atoms with Crippen molar-refractivity contribution >= 4 is 5.97 Å². The van der Waals surface area contributed by atoms with Gasteiger partial charge in [0.1, 0.15) is 5.60 Å². The number of carbonyl (C=O) groups is 1. The monoisotopic (exact) mass is 330 g/mol. The molecule has 1 aromatic rings. The van der Waals surface area contributed by atoms with Gasteiger partial charge in [-0.1, -0.05) is 83.4 Å². The number of hydrogen-bond donors (Lipinski definition) is 0. The molecule has 2 heteroatoms. The van der Waals surface area contributed by atoms with Crippen molar-refractivity contribution in [3.63, 3.8) is 0 Å². The largest absolute Gasteiger partial charge is 0.451 e. The molecule has 1 aliphatic heterocycles. The number of rotatable bonds is 12. The molecule has 2 nitrogen and oxygen atoms in total. The normalized spacial score (nSPS) is 15.3. The van der Waals surface area contributed by atoms with Crippen molar-refractivity contribution in [3.05, 3.63) is 35.4 Å². The van der Waals surface area contributed by atoms with Crippen LogP contribution in [-0.2, 0) is 10.3 Å². The molecule has 0 aliphatic carbocycles. The van der Waals surface area contributed by atoms with E-state index in [-0.39, 0.29) is 11.6 Å². The van der Waals surface area contributed by atoms with E-state index in [9.17, 15) is 4.79 Å². The number of carbonyl (C=O) groups excluding carboxylic acids is 1. The summed E-state index contributed by atoms with van der Waals surface area (Å²) in [6.45, 7) is 4.49. The summed E-state index contributed by atoms with van der Waals surface area (Å²) in [5, 5.41) is 0. The van der Waals surface area contributed by atoms with E-state index in [0.717, 1.165) is 36.8 Å². The van der Waals surface area contributed by atoms with E-state index >= 15 is 0 Å². The zero-order valence-corrected chi connectivity index (χ0v) is 15.6. The van der Waals surface area contributed by atoms with Gasteiger partial charge in [0.25, 0.3) is 0 Å². The third-order valence-electron chi connectivity index (χ3n) is 5.29. The highest BCUT2D eigenvalue weighted by Gasteiger charge is 2.44. The van der Waals surface area contributed by atoms with Crippen molar-refractivity contribution in [2.75, 3.05) is 0 Å². The maximum atomic E-state index is 12.3. The van der Waals surface area contributed by atoms with Crippen molar-refractivity contribution in [1.82, 2.24) is 0 Å². The number of unbranched alkanes of at least 4 members (excludes halogenated alkanes) is 8. The fraction of sp³-hybridized carbons (Fsp3) is 0.682.